The van der Waals surface area contributed by atoms with Crippen molar-refractivity contribution in [2.75, 3.05) is 0 Å². The van der Waals surface area contributed by atoms with Gasteiger partial charge in [-0.25, -0.2) is 9.37 Å². The van der Waals surface area contributed by atoms with E-state index in [0.29, 0.717) is 28.3 Å². The molecule has 0 saturated carbocycles. The summed E-state index contributed by atoms with van der Waals surface area (Å²) in [7, 11) is 0. The van der Waals surface area contributed by atoms with Gasteiger partial charge in [-0.1, -0.05) is 37.6 Å². The summed E-state index contributed by atoms with van der Waals surface area (Å²) >= 11 is 0. The summed E-state index contributed by atoms with van der Waals surface area (Å²) in [6.07, 6.45) is 0. The summed E-state index contributed by atoms with van der Waals surface area (Å²) in [6.45, 7) is 8.08. The Morgan fingerprint density at radius 1 is 1.08 bits per heavy atom. The molecule has 134 valence electrons. The van der Waals surface area contributed by atoms with Crippen molar-refractivity contribution in [2.45, 2.75) is 33.7 Å². The number of carbonyl (C=O) groups is 1. The van der Waals surface area contributed by atoms with Gasteiger partial charge in [0.15, 0.2) is 0 Å². The molecule has 3 aromatic rings. The number of nitrogens with one attached hydrogen (secondary N) is 1. The number of nitrogens with zero attached hydrogens (tertiary/aromatic N) is 1. The lowest BCUT2D eigenvalue weighted by Crippen LogP contribution is -2.36. The topological polar surface area (TPSA) is 42.0 Å². The summed E-state index contributed by atoms with van der Waals surface area (Å²) in [5.74, 6) is -0.199. The molecule has 0 fully saturated rings. The number of aryl methyl sites for hydroxylation is 1. The van der Waals surface area contributed by atoms with Gasteiger partial charge in [-0.15, -0.1) is 0 Å². The van der Waals surface area contributed by atoms with Crippen molar-refractivity contribution in [3.63, 3.8) is 0 Å². The zero-order valence-corrected chi connectivity index (χ0v) is 15.5. The van der Waals surface area contributed by atoms with Crippen molar-refractivity contribution in [1.82, 2.24) is 10.3 Å². The van der Waals surface area contributed by atoms with Gasteiger partial charge >= 0.3 is 0 Å². The van der Waals surface area contributed by atoms with Gasteiger partial charge in [-0.2, -0.15) is 0 Å². The number of fused-ring (bicyclic) bond motifs is 1. The fourth-order valence-electron chi connectivity index (χ4n) is 2.79. The Hall–Kier alpha value is -2.75. The average Bonchev–Trinajstić information content (AvgIpc) is 2.61. The number of pyridine rings is 1. The first kappa shape index (κ1) is 18.1. The van der Waals surface area contributed by atoms with Crippen LogP contribution in [0, 0.1) is 18.7 Å². The minimum atomic E-state index is -0.353. The van der Waals surface area contributed by atoms with E-state index >= 15 is 0 Å². The summed E-state index contributed by atoms with van der Waals surface area (Å²) in [6, 6.07) is 14.0. The molecule has 3 rings (SSSR count). The summed E-state index contributed by atoms with van der Waals surface area (Å²) in [5, 5.41) is 3.82. The van der Waals surface area contributed by atoms with Gasteiger partial charge in [0.05, 0.1) is 16.8 Å². The monoisotopic (exact) mass is 350 g/mol. The molecule has 4 heteroatoms. The number of aromatic nitrogens is 1. The number of benzene rings is 2. The second kappa shape index (κ2) is 7.24. The molecule has 0 aliphatic rings. The molecule has 0 aliphatic heterocycles. The maximum Gasteiger partial charge on any atom is 0.252 e. The van der Waals surface area contributed by atoms with Crippen LogP contribution in [0.3, 0.4) is 0 Å². The summed E-state index contributed by atoms with van der Waals surface area (Å²) < 4.78 is 14.2. The molecule has 1 unspecified atom stereocenters. The van der Waals surface area contributed by atoms with E-state index in [9.17, 15) is 9.18 Å². The van der Waals surface area contributed by atoms with E-state index in [-0.39, 0.29) is 17.8 Å². The van der Waals surface area contributed by atoms with Gasteiger partial charge in [-0.05, 0) is 50.1 Å². The Labute approximate surface area is 153 Å². The number of halogens is 1. The molecular formula is C22H23FN2O. The van der Waals surface area contributed by atoms with Gasteiger partial charge < -0.3 is 5.32 Å². The first-order valence-corrected chi connectivity index (χ1v) is 8.84. The Morgan fingerprint density at radius 3 is 2.50 bits per heavy atom. The zero-order valence-electron chi connectivity index (χ0n) is 15.5. The van der Waals surface area contributed by atoms with Gasteiger partial charge in [0, 0.05) is 17.0 Å². The molecular weight excluding hydrogens is 327 g/mol. The Morgan fingerprint density at radius 2 is 1.81 bits per heavy atom. The van der Waals surface area contributed by atoms with Crippen molar-refractivity contribution in [3.8, 4) is 11.3 Å². The Kier molecular flexibility index (Phi) is 5.03. The highest BCUT2D eigenvalue weighted by atomic mass is 19.1. The van der Waals surface area contributed by atoms with E-state index in [1.165, 1.54) is 6.07 Å². The van der Waals surface area contributed by atoms with E-state index in [4.69, 9.17) is 0 Å². The van der Waals surface area contributed by atoms with Crippen LogP contribution in [0.25, 0.3) is 22.2 Å². The van der Waals surface area contributed by atoms with E-state index in [1.807, 2.05) is 32.0 Å². The lowest BCUT2D eigenvalue weighted by atomic mass is 10.0. The van der Waals surface area contributed by atoms with Crippen LogP contribution >= 0.6 is 0 Å². The normalized spacial score (nSPS) is 12.4. The average molecular weight is 350 g/mol. The van der Waals surface area contributed by atoms with Gasteiger partial charge in [0.25, 0.3) is 5.91 Å². The second-order valence-corrected chi connectivity index (χ2v) is 7.06. The largest absolute Gasteiger partial charge is 0.349 e. The molecule has 0 aliphatic carbocycles. The maximum absolute atomic E-state index is 14.2. The number of carbonyl (C=O) groups excluding carboxylic acids is 1. The van der Waals surface area contributed by atoms with Crippen molar-refractivity contribution < 1.29 is 9.18 Å². The number of hydrogen-bond donors (Lipinski definition) is 1. The van der Waals surface area contributed by atoms with Gasteiger partial charge in [0.2, 0.25) is 0 Å². The minimum Gasteiger partial charge on any atom is -0.349 e. The van der Waals surface area contributed by atoms with Crippen LogP contribution in [-0.4, -0.2) is 16.9 Å². The molecule has 2 aromatic carbocycles. The number of hydrogen-bond acceptors (Lipinski definition) is 2. The molecule has 1 atom stereocenters. The first-order valence-electron chi connectivity index (χ1n) is 8.84. The maximum atomic E-state index is 14.2. The molecule has 0 bridgehead atoms. The standard InChI is InChI=1S/C22H23FN2O/c1-13(2)15(4)24-22(26)18-12-21(16-7-5-6-8-19(16)23)25-20-10-9-14(3)11-17(18)20/h5-13,15H,1-4H3,(H,24,26). The predicted octanol–water partition coefficient (Wildman–Crippen LogP) is 5.12. The van der Waals surface area contributed by atoms with Crippen LogP contribution in [0.5, 0.6) is 0 Å². The fraction of sp³-hybridized carbons (Fsp3) is 0.273. The SMILES string of the molecule is Cc1ccc2nc(-c3ccccc3F)cc(C(=O)NC(C)C(C)C)c2c1. The van der Waals surface area contributed by atoms with E-state index in [1.54, 1.807) is 24.3 Å². The van der Waals surface area contributed by atoms with Crippen molar-refractivity contribution in [1.29, 1.82) is 0 Å². The van der Waals surface area contributed by atoms with Crippen molar-refractivity contribution in [2.24, 2.45) is 5.92 Å². The lowest BCUT2D eigenvalue weighted by molar-refractivity contribution is 0.0932. The van der Waals surface area contributed by atoms with Crippen LogP contribution < -0.4 is 5.32 Å². The third-order valence-electron chi connectivity index (χ3n) is 4.72. The van der Waals surface area contributed by atoms with E-state index in [0.717, 1.165) is 10.9 Å². The van der Waals surface area contributed by atoms with E-state index < -0.39 is 0 Å². The van der Waals surface area contributed by atoms with Gasteiger partial charge in [-0.3, -0.25) is 4.79 Å². The summed E-state index contributed by atoms with van der Waals surface area (Å²) in [4.78, 5) is 17.5. The third kappa shape index (κ3) is 3.59. The van der Waals surface area contributed by atoms with E-state index in [2.05, 4.69) is 24.1 Å². The third-order valence-corrected chi connectivity index (χ3v) is 4.72. The highest BCUT2D eigenvalue weighted by Crippen LogP contribution is 2.27. The quantitative estimate of drug-likeness (QED) is 0.709. The number of amides is 1. The molecule has 0 radical (unpaired) electrons. The number of rotatable bonds is 4. The molecule has 0 saturated heterocycles. The molecule has 1 N–H and O–H groups in total. The molecule has 26 heavy (non-hydrogen) atoms. The Balaban J connectivity index is 2.17. The van der Waals surface area contributed by atoms with Crippen LogP contribution in [0.4, 0.5) is 4.39 Å². The van der Waals surface area contributed by atoms with Crippen molar-refractivity contribution >= 4 is 16.8 Å². The molecule has 1 aromatic heterocycles. The van der Waals surface area contributed by atoms with Crippen molar-refractivity contribution in [3.05, 3.63) is 65.5 Å². The van der Waals surface area contributed by atoms with Crippen LogP contribution in [0.15, 0.2) is 48.5 Å². The van der Waals surface area contributed by atoms with Gasteiger partial charge in [0.1, 0.15) is 5.82 Å². The lowest BCUT2D eigenvalue weighted by Gasteiger charge is -2.18. The smallest absolute Gasteiger partial charge is 0.252 e. The minimum absolute atomic E-state index is 0.0347. The zero-order chi connectivity index (χ0) is 18.8. The second-order valence-electron chi connectivity index (χ2n) is 7.06. The molecule has 1 heterocycles. The highest BCUT2D eigenvalue weighted by molar-refractivity contribution is 6.07. The Bertz CT molecular complexity index is 966. The summed E-state index contributed by atoms with van der Waals surface area (Å²) in [5.41, 5.74) is 3.09. The molecule has 0 spiro atoms. The fourth-order valence-corrected chi connectivity index (χ4v) is 2.79. The molecule has 1 amide bonds. The van der Waals surface area contributed by atoms with Crippen LogP contribution in [0.2, 0.25) is 0 Å². The van der Waals surface area contributed by atoms with Crippen LogP contribution in [-0.2, 0) is 0 Å². The van der Waals surface area contributed by atoms with Crippen LogP contribution in [0.1, 0.15) is 36.7 Å². The predicted molar refractivity (Wildman–Crippen MR) is 104 cm³/mol. The highest BCUT2D eigenvalue weighted by Gasteiger charge is 2.18. The first-order chi connectivity index (χ1) is 12.4. The molecule has 3 nitrogen and oxygen atoms in total.